The highest BCUT2D eigenvalue weighted by molar-refractivity contribution is 5.53. The Morgan fingerprint density at radius 3 is 2.52 bits per heavy atom. The van der Waals surface area contributed by atoms with Crippen LogP contribution in [0.2, 0.25) is 0 Å². The summed E-state index contributed by atoms with van der Waals surface area (Å²) in [6.07, 6.45) is 5.75. The molecule has 4 rings (SSSR count). The Kier molecular flexibility index (Phi) is 5.11. The Hall–Kier alpha value is -2.80. The van der Waals surface area contributed by atoms with Gasteiger partial charge in [0, 0.05) is 42.8 Å². The zero-order valence-corrected chi connectivity index (χ0v) is 15.2. The van der Waals surface area contributed by atoms with Crippen LogP contribution in [-0.2, 0) is 0 Å². The highest BCUT2D eigenvalue weighted by atomic mass is 19.1. The number of halogens is 1. The van der Waals surface area contributed by atoms with E-state index in [4.69, 9.17) is 4.52 Å². The Morgan fingerprint density at radius 2 is 1.81 bits per heavy atom. The molecule has 1 atom stereocenters. The summed E-state index contributed by atoms with van der Waals surface area (Å²) in [6, 6.07) is 10.5. The number of nitrogens with one attached hydrogen (secondary N) is 1. The van der Waals surface area contributed by atoms with Gasteiger partial charge in [-0.2, -0.15) is 4.98 Å². The number of rotatable bonds is 5. The van der Waals surface area contributed by atoms with E-state index in [1.165, 1.54) is 17.8 Å². The lowest BCUT2D eigenvalue weighted by Gasteiger charge is -2.34. The van der Waals surface area contributed by atoms with Crippen LogP contribution in [-0.4, -0.2) is 34.3 Å². The van der Waals surface area contributed by atoms with Gasteiger partial charge in [0.15, 0.2) is 0 Å². The first-order chi connectivity index (χ1) is 13.2. The molecule has 3 aromatic rings. The van der Waals surface area contributed by atoms with Crippen LogP contribution < -0.4 is 10.2 Å². The van der Waals surface area contributed by atoms with Gasteiger partial charge < -0.3 is 14.7 Å². The van der Waals surface area contributed by atoms with Crippen molar-refractivity contribution < 1.29 is 8.91 Å². The van der Waals surface area contributed by atoms with Gasteiger partial charge in [-0.15, -0.1) is 0 Å². The van der Waals surface area contributed by atoms with Crippen LogP contribution in [0.15, 0.2) is 53.3 Å². The zero-order valence-electron chi connectivity index (χ0n) is 15.2. The van der Waals surface area contributed by atoms with E-state index in [1.54, 1.807) is 12.1 Å². The van der Waals surface area contributed by atoms with Gasteiger partial charge in [0.25, 0.3) is 0 Å². The Bertz CT molecular complexity index is 860. The second kappa shape index (κ2) is 7.84. The predicted octanol–water partition coefficient (Wildman–Crippen LogP) is 3.59. The third kappa shape index (κ3) is 4.14. The summed E-state index contributed by atoms with van der Waals surface area (Å²) in [5.74, 6) is 0.743. The first-order valence-corrected chi connectivity index (χ1v) is 9.19. The fraction of sp³-hybridized carbons (Fsp3) is 0.350. The molecule has 3 heterocycles. The van der Waals surface area contributed by atoms with Gasteiger partial charge >= 0.3 is 0 Å². The molecule has 1 aliphatic heterocycles. The van der Waals surface area contributed by atoms with Gasteiger partial charge in [0.1, 0.15) is 5.82 Å². The Morgan fingerprint density at radius 1 is 1.11 bits per heavy atom. The van der Waals surface area contributed by atoms with E-state index in [0.717, 1.165) is 31.5 Å². The van der Waals surface area contributed by atoms with Gasteiger partial charge in [-0.05, 0) is 56.2 Å². The molecule has 2 aromatic heterocycles. The van der Waals surface area contributed by atoms with Gasteiger partial charge in [-0.25, -0.2) is 4.39 Å². The molecule has 6 nitrogen and oxygen atoms in total. The SMILES string of the molecule is CC(NC1CCN(c2ccncc2)CC1)c1nc(-c2ccc(F)cc2)no1. The standard InChI is InChI=1S/C20H22FN5O/c1-14(20-24-19(25-27-20)15-2-4-16(21)5-3-15)23-17-8-12-26(13-9-17)18-6-10-22-11-7-18/h2-7,10-11,14,17,23H,8-9,12-13H2,1H3. The number of piperidine rings is 1. The molecule has 0 aliphatic carbocycles. The molecule has 1 aliphatic rings. The lowest BCUT2D eigenvalue weighted by molar-refractivity contribution is 0.306. The summed E-state index contributed by atoms with van der Waals surface area (Å²) in [7, 11) is 0. The van der Waals surface area contributed by atoms with Gasteiger partial charge in [0.05, 0.1) is 6.04 Å². The van der Waals surface area contributed by atoms with Crippen LogP contribution in [0.25, 0.3) is 11.4 Å². The Labute approximate surface area is 157 Å². The number of benzene rings is 1. The normalized spacial score (nSPS) is 16.4. The summed E-state index contributed by atoms with van der Waals surface area (Å²) >= 11 is 0. The first-order valence-electron chi connectivity index (χ1n) is 9.19. The fourth-order valence-corrected chi connectivity index (χ4v) is 3.41. The van der Waals surface area contributed by atoms with Crippen LogP contribution in [0.1, 0.15) is 31.7 Å². The molecule has 140 valence electrons. The summed E-state index contributed by atoms with van der Waals surface area (Å²) in [5, 5.41) is 7.61. The number of pyridine rings is 1. The number of aromatic nitrogens is 3. The molecule has 0 bridgehead atoms. The van der Waals surface area contributed by atoms with E-state index in [0.29, 0.717) is 17.8 Å². The lowest BCUT2D eigenvalue weighted by atomic mass is 10.0. The molecule has 1 fully saturated rings. The van der Waals surface area contributed by atoms with Crippen molar-refractivity contribution in [2.75, 3.05) is 18.0 Å². The molecule has 1 aromatic carbocycles. The largest absolute Gasteiger partial charge is 0.371 e. The minimum absolute atomic E-state index is 0.0378. The van der Waals surface area contributed by atoms with E-state index in [1.807, 2.05) is 31.5 Å². The van der Waals surface area contributed by atoms with Crippen molar-refractivity contribution in [2.45, 2.75) is 31.8 Å². The summed E-state index contributed by atoms with van der Waals surface area (Å²) in [5.41, 5.74) is 1.96. The number of anilines is 1. The summed E-state index contributed by atoms with van der Waals surface area (Å²) in [6.45, 7) is 4.02. The zero-order chi connectivity index (χ0) is 18.6. The average Bonchev–Trinajstić information content (AvgIpc) is 3.20. The minimum atomic E-state index is -0.282. The maximum atomic E-state index is 13.1. The molecule has 7 heteroatoms. The monoisotopic (exact) mass is 367 g/mol. The maximum Gasteiger partial charge on any atom is 0.243 e. The van der Waals surface area contributed by atoms with Crippen molar-refractivity contribution >= 4 is 5.69 Å². The molecule has 1 unspecified atom stereocenters. The maximum absolute atomic E-state index is 13.1. The third-order valence-corrected chi connectivity index (χ3v) is 4.92. The number of hydrogen-bond acceptors (Lipinski definition) is 6. The smallest absolute Gasteiger partial charge is 0.243 e. The van der Waals surface area contributed by atoms with E-state index >= 15 is 0 Å². The van der Waals surface area contributed by atoms with Crippen molar-refractivity contribution in [2.24, 2.45) is 0 Å². The van der Waals surface area contributed by atoms with E-state index in [2.05, 4.69) is 25.3 Å². The topological polar surface area (TPSA) is 67.1 Å². The van der Waals surface area contributed by atoms with Gasteiger partial charge in [-0.1, -0.05) is 5.16 Å². The number of nitrogens with zero attached hydrogens (tertiary/aromatic N) is 4. The van der Waals surface area contributed by atoms with E-state index < -0.39 is 0 Å². The molecule has 0 spiro atoms. The van der Waals surface area contributed by atoms with Gasteiger partial charge in [0.2, 0.25) is 11.7 Å². The van der Waals surface area contributed by atoms with Crippen molar-refractivity contribution in [1.82, 2.24) is 20.4 Å². The van der Waals surface area contributed by atoms with Gasteiger partial charge in [-0.3, -0.25) is 4.98 Å². The average molecular weight is 367 g/mol. The van der Waals surface area contributed by atoms with Crippen LogP contribution >= 0.6 is 0 Å². The van der Waals surface area contributed by atoms with Crippen LogP contribution in [0.3, 0.4) is 0 Å². The molecular formula is C20H22FN5O. The van der Waals surface area contributed by atoms with E-state index in [-0.39, 0.29) is 11.9 Å². The second-order valence-corrected chi connectivity index (χ2v) is 6.82. The first kappa shape index (κ1) is 17.6. The highest BCUT2D eigenvalue weighted by Crippen LogP contribution is 2.22. The predicted molar refractivity (Wildman–Crippen MR) is 101 cm³/mol. The molecule has 0 amide bonds. The van der Waals surface area contributed by atoms with Crippen molar-refractivity contribution in [3.8, 4) is 11.4 Å². The Balaban J connectivity index is 1.33. The quantitative estimate of drug-likeness (QED) is 0.743. The lowest BCUT2D eigenvalue weighted by Crippen LogP contribution is -2.43. The third-order valence-electron chi connectivity index (χ3n) is 4.92. The molecule has 1 N–H and O–H groups in total. The molecule has 0 saturated carbocycles. The summed E-state index contributed by atoms with van der Waals surface area (Å²) in [4.78, 5) is 10.9. The highest BCUT2D eigenvalue weighted by Gasteiger charge is 2.23. The van der Waals surface area contributed by atoms with Crippen molar-refractivity contribution in [3.05, 3.63) is 60.5 Å². The summed E-state index contributed by atoms with van der Waals surface area (Å²) < 4.78 is 18.5. The molecule has 1 saturated heterocycles. The molecule has 0 radical (unpaired) electrons. The van der Waals surface area contributed by atoms with Crippen molar-refractivity contribution in [3.63, 3.8) is 0 Å². The fourth-order valence-electron chi connectivity index (χ4n) is 3.41. The van der Waals surface area contributed by atoms with Crippen LogP contribution in [0.4, 0.5) is 10.1 Å². The number of hydrogen-bond donors (Lipinski definition) is 1. The van der Waals surface area contributed by atoms with Crippen LogP contribution in [0, 0.1) is 5.82 Å². The minimum Gasteiger partial charge on any atom is -0.371 e. The second-order valence-electron chi connectivity index (χ2n) is 6.82. The molecular weight excluding hydrogens is 345 g/mol. The molecule has 27 heavy (non-hydrogen) atoms. The van der Waals surface area contributed by atoms with E-state index in [9.17, 15) is 4.39 Å². The van der Waals surface area contributed by atoms with Crippen LogP contribution in [0.5, 0.6) is 0 Å². The van der Waals surface area contributed by atoms with Crippen molar-refractivity contribution in [1.29, 1.82) is 0 Å².